The van der Waals surface area contributed by atoms with Gasteiger partial charge in [-0.05, 0) is 56.0 Å². The summed E-state index contributed by atoms with van der Waals surface area (Å²) in [7, 11) is 0. The molecule has 0 aliphatic heterocycles. The summed E-state index contributed by atoms with van der Waals surface area (Å²) in [5.74, 6) is 5.41. The lowest BCUT2D eigenvalue weighted by molar-refractivity contribution is 0.0955. The molecule has 0 aromatic heterocycles. The van der Waals surface area contributed by atoms with Gasteiger partial charge in [0, 0.05) is 23.4 Å². The van der Waals surface area contributed by atoms with E-state index in [2.05, 4.69) is 22.2 Å². The van der Waals surface area contributed by atoms with Crippen molar-refractivity contribution in [2.45, 2.75) is 25.7 Å². The fraction of sp³-hybridized carbons (Fsp3) is 0.300. The van der Waals surface area contributed by atoms with Gasteiger partial charge in [0.1, 0.15) is 5.83 Å². The Morgan fingerprint density at radius 1 is 1.12 bits per heavy atom. The maximum Gasteiger partial charge on any atom is 0.251 e. The molecule has 0 atom stereocenters. The minimum absolute atomic E-state index is 0.116. The van der Waals surface area contributed by atoms with E-state index in [9.17, 15) is 9.18 Å². The van der Waals surface area contributed by atoms with Crippen molar-refractivity contribution in [1.82, 2.24) is 5.32 Å². The number of carbonyl (C=O) groups excluding carboxylic acids is 1. The van der Waals surface area contributed by atoms with Crippen LogP contribution in [0.5, 0.6) is 0 Å². The number of rotatable bonds is 4. The first kappa shape index (κ1) is 16.2. The maximum atomic E-state index is 13.6. The predicted molar refractivity (Wildman–Crippen MR) is 93.7 cm³/mol. The second-order valence-corrected chi connectivity index (χ2v) is 5.78. The molecule has 1 amide bonds. The fourth-order valence-electron chi connectivity index (χ4n) is 2.30. The van der Waals surface area contributed by atoms with Gasteiger partial charge in [-0.3, -0.25) is 9.79 Å². The lowest BCUT2D eigenvalue weighted by atomic mass is 10.1. The Balaban J connectivity index is 1.55. The van der Waals surface area contributed by atoms with Crippen LogP contribution in [0.15, 0.2) is 52.8 Å². The summed E-state index contributed by atoms with van der Waals surface area (Å²) < 4.78 is 13.6. The first-order valence-corrected chi connectivity index (χ1v) is 8.21. The summed E-state index contributed by atoms with van der Waals surface area (Å²) in [5.41, 5.74) is 3.03. The molecule has 4 heteroatoms. The highest BCUT2D eigenvalue weighted by molar-refractivity contribution is 5.98. The first-order valence-electron chi connectivity index (χ1n) is 8.21. The minimum Gasteiger partial charge on any atom is -0.350 e. The van der Waals surface area contributed by atoms with Gasteiger partial charge in [0.15, 0.2) is 0 Å². The van der Waals surface area contributed by atoms with Gasteiger partial charge >= 0.3 is 0 Å². The number of carbonyl (C=O) groups is 1. The van der Waals surface area contributed by atoms with Crippen molar-refractivity contribution in [2.24, 2.45) is 4.99 Å². The van der Waals surface area contributed by atoms with Gasteiger partial charge in [-0.15, -0.1) is 0 Å². The molecule has 1 N–H and O–H groups in total. The number of hydrogen-bond donors (Lipinski definition) is 1. The largest absolute Gasteiger partial charge is 0.350 e. The Hall–Kier alpha value is -2.67. The van der Waals surface area contributed by atoms with Crippen LogP contribution in [0.25, 0.3) is 0 Å². The quantitative estimate of drug-likeness (QED) is 0.668. The molecule has 1 aromatic carbocycles. The normalized spacial score (nSPS) is 15.6. The van der Waals surface area contributed by atoms with Crippen molar-refractivity contribution in [1.29, 1.82) is 0 Å². The molecule has 1 fully saturated rings. The molecule has 0 radical (unpaired) electrons. The highest BCUT2D eigenvalue weighted by Gasteiger charge is 2.12. The second-order valence-electron chi connectivity index (χ2n) is 5.78. The lowest BCUT2D eigenvalue weighted by Gasteiger charge is -2.04. The Labute approximate surface area is 141 Å². The molecule has 3 rings (SSSR count). The summed E-state index contributed by atoms with van der Waals surface area (Å²) in [6, 6.07) is 7.01. The van der Waals surface area contributed by atoms with Crippen LogP contribution >= 0.6 is 0 Å². The van der Waals surface area contributed by atoms with Crippen LogP contribution in [-0.2, 0) is 0 Å². The average molecular weight is 322 g/mol. The van der Waals surface area contributed by atoms with Crippen LogP contribution in [-0.4, -0.2) is 24.7 Å². The van der Waals surface area contributed by atoms with Gasteiger partial charge in [-0.2, -0.15) is 0 Å². The minimum atomic E-state index is -0.250. The highest BCUT2D eigenvalue weighted by atomic mass is 19.1. The number of amides is 1. The molecular formula is C20H19FN2O. The molecular weight excluding hydrogens is 303 g/mol. The van der Waals surface area contributed by atoms with Crippen LogP contribution in [0.1, 0.15) is 41.6 Å². The highest BCUT2D eigenvalue weighted by Crippen LogP contribution is 2.19. The molecule has 2 aliphatic rings. The Bertz CT molecular complexity index is 770. The standard InChI is InChI=1S/C20H19FN2O/c21-19-4-2-1-3-16(19)8-5-15-6-9-17(10-7-15)20(24)23-14-13-22-18-11-12-18/h3-4,6-7,9-10H,1-2,11-14H2,(H,23,24). The van der Waals surface area contributed by atoms with E-state index >= 15 is 0 Å². The third-order valence-electron chi connectivity index (χ3n) is 3.79. The molecule has 0 saturated heterocycles. The molecule has 0 unspecified atom stereocenters. The number of nitrogens with zero attached hydrogens (tertiary/aromatic N) is 1. The summed E-state index contributed by atoms with van der Waals surface area (Å²) in [6.07, 6.45) is 7.14. The molecule has 122 valence electrons. The Morgan fingerprint density at radius 2 is 1.88 bits per heavy atom. The number of allylic oxidation sites excluding steroid dienone is 4. The van der Waals surface area contributed by atoms with E-state index < -0.39 is 0 Å². The molecule has 0 bridgehead atoms. The van der Waals surface area contributed by atoms with Gasteiger partial charge in [-0.25, -0.2) is 4.39 Å². The molecule has 1 saturated carbocycles. The number of hydrogen-bond acceptors (Lipinski definition) is 2. The number of benzene rings is 1. The topological polar surface area (TPSA) is 41.5 Å². The average Bonchev–Trinajstić information content (AvgIpc) is 3.43. The van der Waals surface area contributed by atoms with E-state index in [1.165, 1.54) is 5.71 Å². The van der Waals surface area contributed by atoms with Gasteiger partial charge in [0.25, 0.3) is 5.91 Å². The van der Waals surface area contributed by atoms with Gasteiger partial charge in [-0.1, -0.05) is 17.9 Å². The smallest absolute Gasteiger partial charge is 0.251 e. The van der Waals surface area contributed by atoms with E-state index in [1.807, 2.05) is 6.08 Å². The number of aliphatic imine (C=N–C) groups is 1. The van der Waals surface area contributed by atoms with Crippen molar-refractivity contribution >= 4 is 11.6 Å². The molecule has 0 heterocycles. The fourth-order valence-corrected chi connectivity index (χ4v) is 2.30. The summed E-state index contributed by atoms with van der Waals surface area (Å²) in [6.45, 7) is 1.18. The van der Waals surface area contributed by atoms with Crippen molar-refractivity contribution in [3.05, 3.63) is 58.9 Å². The van der Waals surface area contributed by atoms with Gasteiger partial charge in [0.2, 0.25) is 0 Å². The van der Waals surface area contributed by atoms with Crippen LogP contribution < -0.4 is 5.32 Å². The van der Waals surface area contributed by atoms with E-state index in [4.69, 9.17) is 0 Å². The van der Waals surface area contributed by atoms with Crippen LogP contribution in [0.3, 0.4) is 0 Å². The predicted octanol–water partition coefficient (Wildman–Crippen LogP) is 3.58. The zero-order chi connectivity index (χ0) is 16.8. The van der Waals surface area contributed by atoms with Gasteiger partial charge < -0.3 is 5.32 Å². The molecule has 0 spiro atoms. The lowest BCUT2D eigenvalue weighted by Crippen LogP contribution is -2.26. The van der Waals surface area contributed by atoms with Crippen LogP contribution in [0, 0.1) is 11.8 Å². The summed E-state index contributed by atoms with van der Waals surface area (Å²) in [5, 5.41) is 2.84. The van der Waals surface area contributed by atoms with Crippen LogP contribution in [0.2, 0.25) is 0 Å². The summed E-state index contributed by atoms with van der Waals surface area (Å²) >= 11 is 0. The Morgan fingerprint density at radius 3 is 2.58 bits per heavy atom. The third-order valence-corrected chi connectivity index (χ3v) is 3.79. The van der Waals surface area contributed by atoms with E-state index in [0.29, 0.717) is 24.2 Å². The maximum absolute atomic E-state index is 13.6. The summed E-state index contributed by atoms with van der Waals surface area (Å²) in [4.78, 5) is 16.3. The van der Waals surface area contributed by atoms with E-state index in [0.717, 1.165) is 31.2 Å². The van der Waals surface area contributed by atoms with E-state index in [-0.39, 0.29) is 11.7 Å². The SMILES string of the molecule is O=C(NCCN=C1CC1)c1ccc(C#CC2=CCCC=C2F)cc1. The Kier molecular flexibility index (Phi) is 5.22. The zero-order valence-corrected chi connectivity index (χ0v) is 13.4. The molecule has 24 heavy (non-hydrogen) atoms. The van der Waals surface area contributed by atoms with Crippen LogP contribution in [0.4, 0.5) is 4.39 Å². The molecule has 1 aromatic rings. The second kappa shape index (κ2) is 7.74. The van der Waals surface area contributed by atoms with Crippen molar-refractivity contribution < 1.29 is 9.18 Å². The first-order chi connectivity index (χ1) is 11.7. The van der Waals surface area contributed by atoms with Crippen molar-refractivity contribution in [3.8, 4) is 11.8 Å². The molecule has 2 aliphatic carbocycles. The van der Waals surface area contributed by atoms with E-state index in [1.54, 1.807) is 30.3 Å². The number of halogens is 1. The van der Waals surface area contributed by atoms with Crippen molar-refractivity contribution in [3.63, 3.8) is 0 Å². The monoisotopic (exact) mass is 322 g/mol. The zero-order valence-electron chi connectivity index (χ0n) is 13.4. The molecule has 3 nitrogen and oxygen atoms in total. The van der Waals surface area contributed by atoms with Gasteiger partial charge in [0.05, 0.1) is 12.1 Å². The number of nitrogens with one attached hydrogen (secondary N) is 1. The third kappa shape index (κ3) is 4.66. The van der Waals surface area contributed by atoms with Crippen molar-refractivity contribution in [2.75, 3.05) is 13.1 Å².